The molecule has 0 saturated carbocycles. The fraction of sp³-hybridized carbons (Fsp3) is 0.571. The van der Waals surface area contributed by atoms with Gasteiger partial charge in [-0.3, -0.25) is 0 Å². The molecule has 0 atom stereocenters. The molecule has 0 aromatic carbocycles. The van der Waals surface area contributed by atoms with E-state index in [0.717, 1.165) is 0 Å². The lowest BCUT2D eigenvalue weighted by Crippen LogP contribution is -2.19. The number of aromatic nitrogens is 2. The van der Waals surface area contributed by atoms with Crippen LogP contribution < -0.4 is 5.14 Å². The molecule has 5 nitrogen and oxygen atoms in total. The molecule has 0 fully saturated rings. The van der Waals surface area contributed by atoms with Gasteiger partial charge in [0.2, 0.25) is 0 Å². The first kappa shape index (κ1) is 11.5. The Labute approximate surface area is 87.9 Å². The summed E-state index contributed by atoms with van der Waals surface area (Å²) in [5, 5.41) is 9.02. The van der Waals surface area contributed by atoms with Gasteiger partial charge in [0.05, 0.1) is 5.69 Å². The van der Waals surface area contributed by atoms with Crippen LogP contribution in [-0.4, -0.2) is 18.2 Å². The molecule has 14 heavy (non-hydrogen) atoms. The van der Waals surface area contributed by atoms with E-state index in [-0.39, 0.29) is 16.1 Å². The van der Waals surface area contributed by atoms with Crippen molar-refractivity contribution in [1.82, 2.24) is 9.78 Å². The normalized spacial score (nSPS) is 12.4. The first-order valence-electron chi connectivity index (χ1n) is 4.02. The molecule has 80 valence electrons. The second-order valence-electron chi connectivity index (χ2n) is 3.29. The maximum absolute atomic E-state index is 11.2. The molecule has 0 unspecified atom stereocenters. The van der Waals surface area contributed by atoms with Crippen LogP contribution in [0.1, 0.15) is 25.6 Å². The topological polar surface area (TPSA) is 78.0 Å². The predicted octanol–water partition coefficient (Wildman–Crippen LogP) is 1.07. The van der Waals surface area contributed by atoms with Crippen LogP contribution >= 0.6 is 11.6 Å². The molecule has 1 rings (SSSR count). The first-order chi connectivity index (χ1) is 6.25. The van der Waals surface area contributed by atoms with Crippen molar-refractivity contribution in [3.05, 3.63) is 10.7 Å². The summed E-state index contributed by atoms with van der Waals surface area (Å²) >= 11 is 5.80. The number of sulfonamides is 1. The zero-order valence-electron chi connectivity index (χ0n) is 8.15. The molecule has 0 aliphatic carbocycles. The molecular weight excluding hydrogens is 226 g/mol. The standard InChI is InChI=1S/C7H12ClN3O2S/c1-4(2)11-7(14(9,12)13)6(8)5(3)10-11/h4H,1-3H3,(H2,9,12,13). The van der Waals surface area contributed by atoms with E-state index in [0.29, 0.717) is 5.69 Å². The summed E-state index contributed by atoms with van der Waals surface area (Å²) in [5.74, 6) is 0. The largest absolute Gasteiger partial charge is 0.256 e. The zero-order chi connectivity index (χ0) is 11.1. The summed E-state index contributed by atoms with van der Waals surface area (Å²) < 4.78 is 23.8. The third-order valence-corrected chi connectivity index (χ3v) is 3.22. The van der Waals surface area contributed by atoms with Crippen molar-refractivity contribution in [1.29, 1.82) is 0 Å². The third-order valence-electron chi connectivity index (χ3n) is 1.73. The Hall–Kier alpha value is -0.590. The Balaban J connectivity index is 3.55. The average Bonchev–Trinajstić information content (AvgIpc) is 2.27. The van der Waals surface area contributed by atoms with Crippen LogP contribution in [0.2, 0.25) is 5.02 Å². The van der Waals surface area contributed by atoms with Crippen LogP contribution in [0.25, 0.3) is 0 Å². The van der Waals surface area contributed by atoms with Crippen LogP contribution in [0.5, 0.6) is 0 Å². The van der Waals surface area contributed by atoms with Gasteiger partial charge >= 0.3 is 0 Å². The quantitative estimate of drug-likeness (QED) is 0.836. The van der Waals surface area contributed by atoms with Gasteiger partial charge in [0, 0.05) is 6.04 Å². The smallest absolute Gasteiger partial charge is 0.249 e. The van der Waals surface area contributed by atoms with Crippen LogP contribution in [0, 0.1) is 6.92 Å². The van der Waals surface area contributed by atoms with Crippen molar-refractivity contribution in [2.24, 2.45) is 5.14 Å². The number of primary sulfonamides is 1. The van der Waals surface area contributed by atoms with Gasteiger partial charge in [-0.2, -0.15) is 5.10 Å². The van der Waals surface area contributed by atoms with Crippen molar-refractivity contribution < 1.29 is 8.42 Å². The number of hydrogen-bond donors (Lipinski definition) is 1. The van der Waals surface area contributed by atoms with E-state index in [4.69, 9.17) is 16.7 Å². The van der Waals surface area contributed by atoms with E-state index in [1.165, 1.54) is 4.68 Å². The summed E-state index contributed by atoms with van der Waals surface area (Å²) in [4.78, 5) is 0. The zero-order valence-corrected chi connectivity index (χ0v) is 9.72. The van der Waals surface area contributed by atoms with Gasteiger partial charge in [0.25, 0.3) is 10.0 Å². The van der Waals surface area contributed by atoms with Gasteiger partial charge in [-0.25, -0.2) is 18.2 Å². The molecule has 0 spiro atoms. The number of aryl methyl sites for hydroxylation is 1. The number of nitrogens with two attached hydrogens (primary N) is 1. The number of halogens is 1. The molecule has 0 saturated heterocycles. The maximum Gasteiger partial charge on any atom is 0.256 e. The molecule has 1 aromatic heterocycles. The van der Waals surface area contributed by atoms with Gasteiger partial charge in [-0.1, -0.05) is 11.6 Å². The minimum atomic E-state index is -3.82. The Morgan fingerprint density at radius 3 is 2.29 bits per heavy atom. The Morgan fingerprint density at radius 2 is 2.00 bits per heavy atom. The molecule has 0 bridgehead atoms. The van der Waals surface area contributed by atoms with E-state index in [9.17, 15) is 8.42 Å². The highest BCUT2D eigenvalue weighted by Crippen LogP contribution is 2.26. The van der Waals surface area contributed by atoms with E-state index in [1.54, 1.807) is 20.8 Å². The van der Waals surface area contributed by atoms with Crippen LogP contribution in [0.15, 0.2) is 5.03 Å². The highest BCUT2D eigenvalue weighted by Gasteiger charge is 2.24. The summed E-state index contributed by atoms with van der Waals surface area (Å²) in [6.07, 6.45) is 0. The first-order valence-corrected chi connectivity index (χ1v) is 5.95. The molecular formula is C7H12ClN3O2S. The van der Waals surface area contributed by atoms with Crippen molar-refractivity contribution in [2.75, 3.05) is 0 Å². The summed E-state index contributed by atoms with van der Waals surface area (Å²) in [5.41, 5.74) is 0.462. The van der Waals surface area contributed by atoms with E-state index >= 15 is 0 Å². The fourth-order valence-corrected chi connectivity index (χ4v) is 2.47. The van der Waals surface area contributed by atoms with Gasteiger partial charge in [0.15, 0.2) is 5.03 Å². The molecule has 1 heterocycles. The van der Waals surface area contributed by atoms with Crippen molar-refractivity contribution in [3.8, 4) is 0 Å². The molecule has 0 amide bonds. The van der Waals surface area contributed by atoms with Crippen LogP contribution in [0.3, 0.4) is 0 Å². The molecule has 0 aliphatic heterocycles. The molecule has 1 aromatic rings. The van der Waals surface area contributed by atoms with Gasteiger partial charge in [0.1, 0.15) is 5.02 Å². The minimum Gasteiger partial charge on any atom is -0.249 e. The third kappa shape index (κ3) is 1.92. The molecule has 2 N–H and O–H groups in total. The molecule has 0 aliphatic rings. The van der Waals surface area contributed by atoms with E-state index in [1.807, 2.05) is 0 Å². The predicted molar refractivity (Wildman–Crippen MR) is 53.7 cm³/mol. The van der Waals surface area contributed by atoms with Crippen molar-refractivity contribution in [2.45, 2.75) is 31.8 Å². The average molecular weight is 238 g/mol. The fourth-order valence-electron chi connectivity index (χ4n) is 1.11. The summed E-state index contributed by atoms with van der Waals surface area (Å²) in [6.45, 7) is 5.24. The second kappa shape index (κ2) is 3.52. The van der Waals surface area contributed by atoms with E-state index < -0.39 is 10.0 Å². The Bertz CT molecular complexity index is 450. The summed E-state index contributed by atoms with van der Waals surface area (Å²) in [6, 6.07) is -0.102. The molecule has 7 heteroatoms. The SMILES string of the molecule is Cc1nn(C(C)C)c(S(N)(=O)=O)c1Cl. The van der Waals surface area contributed by atoms with Gasteiger partial charge < -0.3 is 0 Å². The highest BCUT2D eigenvalue weighted by atomic mass is 35.5. The maximum atomic E-state index is 11.2. The Morgan fingerprint density at radius 1 is 1.50 bits per heavy atom. The monoisotopic (exact) mass is 237 g/mol. The number of nitrogens with zero attached hydrogens (tertiary/aromatic N) is 2. The molecule has 0 radical (unpaired) electrons. The number of hydrogen-bond acceptors (Lipinski definition) is 3. The van der Waals surface area contributed by atoms with Crippen molar-refractivity contribution in [3.63, 3.8) is 0 Å². The van der Waals surface area contributed by atoms with Gasteiger partial charge in [-0.15, -0.1) is 0 Å². The summed E-state index contributed by atoms with van der Waals surface area (Å²) in [7, 11) is -3.82. The van der Waals surface area contributed by atoms with E-state index in [2.05, 4.69) is 5.10 Å². The number of rotatable bonds is 2. The minimum absolute atomic E-state index is 0.0983. The highest BCUT2D eigenvalue weighted by molar-refractivity contribution is 7.89. The van der Waals surface area contributed by atoms with Crippen LogP contribution in [0.4, 0.5) is 0 Å². The lowest BCUT2D eigenvalue weighted by molar-refractivity contribution is 0.477. The van der Waals surface area contributed by atoms with Crippen molar-refractivity contribution >= 4 is 21.6 Å². The lowest BCUT2D eigenvalue weighted by Gasteiger charge is -2.08. The van der Waals surface area contributed by atoms with Crippen LogP contribution in [-0.2, 0) is 10.0 Å². The second-order valence-corrected chi connectivity index (χ2v) is 5.14. The Kier molecular flexibility index (Phi) is 2.89. The lowest BCUT2D eigenvalue weighted by atomic mass is 10.4. The van der Waals surface area contributed by atoms with Gasteiger partial charge in [-0.05, 0) is 20.8 Å².